The number of aromatic nitrogens is 3. The van der Waals surface area contributed by atoms with Crippen LogP contribution < -0.4 is 5.32 Å². The number of rotatable bonds is 2. The summed E-state index contributed by atoms with van der Waals surface area (Å²) < 4.78 is 0. The molecule has 3 rings (SSSR count). The second-order valence-electron chi connectivity index (χ2n) is 4.00. The van der Waals surface area contributed by atoms with Crippen LogP contribution in [0.2, 0.25) is 0 Å². The Morgan fingerprint density at radius 1 is 1.44 bits per heavy atom. The molecule has 0 aromatic carbocycles. The fourth-order valence-electron chi connectivity index (χ4n) is 1.99. The van der Waals surface area contributed by atoms with Crippen molar-refractivity contribution in [2.45, 2.75) is 12.3 Å². The van der Waals surface area contributed by atoms with E-state index in [4.69, 9.17) is 0 Å². The van der Waals surface area contributed by atoms with Crippen molar-refractivity contribution in [1.82, 2.24) is 15.0 Å². The summed E-state index contributed by atoms with van der Waals surface area (Å²) in [5, 5.41) is 3.03. The summed E-state index contributed by atoms with van der Waals surface area (Å²) in [5.41, 5.74) is 1.85. The number of thioether (sulfide) groups is 1. The molecule has 84 valence electrons. The lowest BCUT2D eigenvalue weighted by Crippen LogP contribution is -1.98. The quantitative estimate of drug-likeness (QED) is 0.836. The zero-order valence-electron chi connectivity index (χ0n) is 9.16. The number of fused-ring (bicyclic) bond motifs is 1. The van der Waals surface area contributed by atoms with Crippen LogP contribution in [0, 0.1) is 0 Å². The van der Waals surface area contributed by atoms with Crippen LogP contribution in [0.4, 0.5) is 5.82 Å². The lowest BCUT2D eigenvalue weighted by Gasteiger charge is -2.01. The minimum Gasteiger partial charge on any atom is -0.373 e. The summed E-state index contributed by atoms with van der Waals surface area (Å²) in [5.74, 6) is 4.97. The molecule has 0 radical (unpaired) electrons. The minimum atomic E-state index is 0.581. The third kappa shape index (κ3) is 1.65. The lowest BCUT2D eigenvalue weighted by atomic mass is 10.1. The first-order valence-electron chi connectivity index (χ1n) is 5.49. The van der Waals surface area contributed by atoms with Crippen LogP contribution in [0.15, 0.2) is 12.1 Å². The van der Waals surface area contributed by atoms with Crippen LogP contribution in [0.5, 0.6) is 0 Å². The van der Waals surface area contributed by atoms with E-state index in [1.54, 1.807) is 0 Å². The van der Waals surface area contributed by atoms with E-state index < -0.39 is 0 Å². The Morgan fingerprint density at radius 3 is 3.12 bits per heavy atom. The minimum absolute atomic E-state index is 0.581. The van der Waals surface area contributed by atoms with Gasteiger partial charge in [0.2, 0.25) is 0 Å². The van der Waals surface area contributed by atoms with Gasteiger partial charge in [0.15, 0.2) is 5.65 Å². The van der Waals surface area contributed by atoms with Gasteiger partial charge in [-0.15, -0.1) is 0 Å². The molecular formula is C11H14N4S. The number of imidazole rings is 1. The van der Waals surface area contributed by atoms with Gasteiger partial charge in [-0.2, -0.15) is 11.8 Å². The van der Waals surface area contributed by atoms with Gasteiger partial charge >= 0.3 is 0 Å². The van der Waals surface area contributed by atoms with Crippen LogP contribution in [0.25, 0.3) is 11.2 Å². The maximum Gasteiger partial charge on any atom is 0.179 e. The molecular weight excluding hydrogens is 220 g/mol. The lowest BCUT2D eigenvalue weighted by molar-refractivity contribution is 0.733. The molecule has 5 heteroatoms. The molecule has 4 nitrogen and oxygen atoms in total. The van der Waals surface area contributed by atoms with Crippen molar-refractivity contribution in [2.75, 3.05) is 23.9 Å². The van der Waals surface area contributed by atoms with E-state index in [9.17, 15) is 0 Å². The van der Waals surface area contributed by atoms with Gasteiger partial charge in [0, 0.05) is 18.7 Å². The molecule has 0 saturated carbocycles. The fourth-order valence-corrected chi connectivity index (χ4v) is 3.22. The zero-order chi connectivity index (χ0) is 11.0. The summed E-state index contributed by atoms with van der Waals surface area (Å²) >= 11 is 2.00. The fraction of sp³-hybridized carbons (Fsp3) is 0.455. The molecule has 1 aliphatic rings. The third-order valence-electron chi connectivity index (χ3n) is 2.94. The first-order chi connectivity index (χ1) is 7.86. The Balaban J connectivity index is 2.01. The van der Waals surface area contributed by atoms with Gasteiger partial charge in [0.1, 0.15) is 11.6 Å². The van der Waals surface area contributed by atoms with Crippen molar-refractivity contribution in [1.29, 1.82) is 0 Å². The van der Waals surface area contributed by atoms with Crippen LogP contribution in [0.3, 0.4) is 0 Å². The van der Waals surface area contributed by atoms with E-state index in [-0.39, 0.29) is 0 Å². The maximum atomic E-state index is 4.58. The Bertz CT molecular complexity index is 502. The van der Waals surface area contributed by atoms with Crippen LogP contribution in [-0.2, 0) is 0 Å². The van der Waals surface area contributed by atoms with Gasteiger partial charge in [-0.05, 0) is 24.3 Å². The second-order valence-corrected chi connectivity index (χ2v) is 5.15. The smallest absolute Gasteiger partial charge is 0.179 e. The highest BCUT2D eigenvalue weighted by Crippen LogP contribution is 2.31. The molecule has 0 aliphatic carbocycles. The number of hydrogen-bond donors (Lipinski definition) is 2. The van der Waals surface area contributed by atoms with E-state index in [1.165, 1.54) is 17.9 Å². The van der Waals surface area contributed by atoms with Gasteiger partial charge in [-0.3, -0.25) is 0 Å². The number of nitrogens with zero attached hydrogens (tertiary/aromatic N) is 2. The molecule has 2 aromatic heterocycles. The largest absolute Gasteiger partial charge is 0.373 e. The standard InChI is InChI=1S/C11H14N4S/c1-12-9-3-2-8-11(14-9)15-10(13-8)7-4-5-16-6-7/h2-3,7H,4-6H2,1H3,(H2,12,13,14,15). The van der Waals surface area contributed by atoms with Gasteiger partial charge in [-0.1, -0.05) is 0 Å². The molecule has 2 N–H and O–H groups in total. The monoisotopic (exact) mass is 234 g/mol. The highest BCUT2D eigenvalue weighted by molar-refractivity contribution is 7.99. The first-order valence-corrected chi connectivity index (χ1v) is 6.64. The highest BCUT2D eigenvalue weighted by atomic mass is 32.2. The number of aromatic amines is 1. The molecule has 1 fully saturated rings. The molecule has 0 amide bonds. The van der Waals surface area contributed by atoms with Crippen molar-refractivity contribution in [2.24, 2.45) is 0 Å². The van der Waals surface area contributed by atoms with Crippen LogP contribution >= 0.6 is 11.8 Å². The van der Waals surface area contributed by atoms with E-state index in [2.05, 4.69) is 20.3 Å². The topological polar surface area (TPSA) is 53.6 Å². The van der Waals surface area contributed by atoms with Gasteiger partial charge in [0.25, 0.3) is 0 Å². The van der Waals surface area contributed by atoms with Gasteiger partial charge < -0.3 is 10.3 Å². The normalized spacial score (nSPS) is 20.4. The number of nitrogens with one attached hydrogen (secondary N) is 2. The third-order valence-corrected chi connectivity index (χ3v) is 4.10. The van der Waals surface area contributed by atoms with Crippen molar-refractivity contribution in [3.05, 3.63) is 18.0 Å². The molecule has 0 spiro atoms. The summed E-state index contributed by atoms with van der Waals surface area (Å²) in [7, 11) is 1.87. The number of anilines is 1. The molecule has 1 aliphatic heterocycles. The maximum absolute atomic E-state index is 4.58. The Labute approximate surface area is 98.3 Å². The first kappa shape index (κ1) is 9.96. The van der Waals surface area contributed by atoms with Crippen molar-refractivity contribution in [3.8, 4) is 0 Å². The number of pyridine rings is 1. The predicted octanol–water partition coefficient (Wildman–Crippen LogP) is 2.22. The van der Waals surface area contributed by atoms with E-state index in [0.29, 0.717) is 5.92 Å². The molecule has 16 heavy (non-hydrogen) atoms. The van der Waals surface area contributed by atoms with Crippen LogP contribution in [0.1, 0.15) is 18.2 Å². The van der Waals surface area contributed by atoms with E-state index >= 15 is 0 Å². The van der Waals surface area contributed by atoms with Gasteiger partial charge in [0.05, 0.1) is 5.52 Å². The SMILES string of the molecule is CNc1ccc2[nH]c(C3CCSC3)nc2n1. The molecule has 2 aromatic rings. The molecule has 1 saturated heterocycles. The Morgan fingerprint density at radius 2 is 2.38 bits per heavy atom. The Kier molecular flexibility index (Phi) is 2.47. The number of hydrogen-bond acceptors (Lipinski definition) is 4. The van der Waals surface area contributed by atoms with Crippen LogP contribution in [-0.4, -0.2) is 33.5 Å². The second kappa shape index (κ2) is 3.97. The van der Waals surface area contributed by atoms with Crippen molar-refractivity contribution in [3.63, 3.8) is 0 Å². The number of H-pyrrole nitrogens is 1. The molecule has 0 bridgehead atoms. The summed E-state index contributed by atoms with van der Waals surface area (Å²) in [6.07, 6.45) is 1.23. The summed E-state index contributed by atoms with van der Waals surface area (Å²) in [6.45, 7) is 0. The zero-order valence-corrected chi connectivity index (χ0v) is 9.97. The van der Waals surface area contributed by atoms with Gasteiger partial charge in [-0.25, -0.2) is 9.97 Å². The molecule has 3 heterocycles. The van der Waals surface area contributed by atoms with E-state index in [1.807, 2.05) is 30.9 Å². The predicted molar refractivity (Wildman–Crippen MR) is 68.1 cm³/mol. The van der Waals surface area contributed by atoms with Crippen molar-refractivity contribution >= 4 is 28.7 Å². The highest BCUT2D eigenvalue weighted by Gasteiger charge is 2.20. The summed E-state index contributed by atoms with van der Waals surface area (Å²) in [4.78, 5) is 12.4. The Hall–Kier alpha value is -1.23. The average Bonchev–Trinajstić information content (AvgIpc) is 2.96. The van der Waals surface area contributed by atoms with Crippen molar-refractivity contribution < 1.29 is 0 Å². The molecule has 1 atom stereocenters. The summed E-state index contributed by atoms with van der Waals surface area (Å²) in [6, 6.07) is 4.00. The molecule has 1 unspecified atom stereocenters. The average molecular weight is 234 g/mol. The van der Waals surface area contributed by atoms with E-state index in [0.717, 1.165) is 22.8 Å².